The van der Waals surface area contributed by atoms with E-state index < -0.39 is 0 Å². The molecule has 0 aliphatic heterocycles. The van der Waals surface area contributed by atoms with E-state index in [0.717, 1.165) is 24.8 Å². The number of halogens is 2. The molecule has 1 atom stereocenters. The van der Waals surface area contributed by atoms with Gasteiger partial charge in [0.15, 0.2) is 5.78 Å². The molecule has 1 aromatic carbocycles. The Morgan fingerprint density at radius 1 is 1.41 bits per heavy atom. The highest BCUT2D eigenvalue weighted by molar-refractivity contribution is 6.45. The largest absolute Gasteiger partial charge is 0.495 e. The van der Waals surface area contributed by atoms with Gasteiger partial charge in [-0.15, -0.1) is 0 Å². The maximum absolute atomic E-state index is 12.2. The number of ether oxygens (including phenoxy) is 1. The summed E-state index contributed by atoms with van der Waals surface area (Å²) in [6.07, 6.45) is 2.63. The van der Waals surface area contributed by atoms with Gasteiger partial charge in [0.2, 0.25) is 0 Å². The molecular formula is C13H14Cl2O2. The first kappa shape index (κ1) is 12.7. The molecule has 0 saturated heterocycles. The van der Waals surface area contributed by atoms with Crippen molar-refractivity contribution >= 4 is 29.0 Å². The molecule has 92 valence electrons. The Hall–Kier alpha value is -0.730. The summed E-state index contributed by atoms with van der Waals surface area (Å²) < 4.78 is 5.15. The van der Waals surface area contributed by atoms with Crippen LogP contribution in [0.5, 0.6) is 5.75 Å². The van der Waals surface area contributed by atoms with Gasteiger partial charge in [0, 0.05) is 11.5 Å². The van der Waals surface area contributed by atoms with Crippen LogP contribution in [0.2, 0.25) is 10.0 Å². The first-order valence-corrected chi connectivity index (χ1v) is 6.44. The fraction of sp³-hybridized carbons (Fsp3) is 0.462. The van der Waals surface area contributed by atoms with Crippen molar-refractivity contribution in [3.63, 3.8) is 0 Å². The molecule has 17 heavy (non-hydrogen) atoms. The van der Waals surface area contributed by atoms with Crippen LogP contribution in [-0.4, -0.2) is 12.9 Å². The molecule has 0 aromatic heterocycles. The van der Waals surface area contributed by atoms with Crippen molar-refractivity contribution in [2.75, 3.05) is 7.11 Å². The monoisotopic (exact) mass is 272 g/mol. The van der Waals surface area contributed by atoms with Crippen LogP contribution in [0, 0.1) is 5.92 Å². The lowest BCUT2D eigenvalue weighted by atomic mass is 10.00. The molecule has 2 rings (SSSR count). The van der Waals surface area contributed by atoms with Crippen LogP contribution in [0.25, 0.3) is 0 Å². The van der Waals surface area contributed by atoms with Gasteiger partial charge in [-0.1, -0.05) is 36.5 Å². The summed E-state index contributed by atoms with van der Waals surface area (Å²) in [6.45, 7) is 2.07. The summed E-state index contributed by atoms with van der Waals surface area (Å²) in [5.41, 5.74) is 1.55. The number of rotatable bonds is 3. The first-order chi connectivity index (χ1) is 8.10. The number of hydrogen-bond donors (Lipinski definition) is 0. The van der Waals surface area contributed by atoms with Crippen LogP contribution >= 0.6 is 23.2 Å². The topological polar surface area (TPSA) is 26.3 Å². The lowest BCUT2D eigenvalue weighted by Gasteiger charge is -2.08. The number of methoxy groups -OCH3 is 1. The SMILES string of the molecule is CCC[C@@H]1Cc2cc(OC)c(Cl)c(Cl)c2C1=O. The average molecular weight is 273 g/mol. The second kappa shape index (κ2) is 4.87. The fourth-order valence-corrected chi connectivity index (χ4v) is 2.91. The molecule has 2 nitrogen and oxygen atoms in total. The van der Waals surface area contributed by atoms with Gasteiger partial charge in [-0.25, -0.2) is 0 Å². The van der Waals surface area contributed by atoms with Gasteiger partial charge in [-0.3, -0.25) is 4.79 Å². The van der Waals surface area contributed by atoms with E-state index in [2.05, 4.69) is 6.92 Å². The summed E-state index contributed by atoms with van der Waals surface area (Å²) in [4.78, 5) is 12.2. The van der Waals surface area contributed by atoms with Crippen LogP contribution in [0.15, 0.2) is 6.07 Å². The van der Waals surface area contributed by atoms with Crippen LogP contribution in [0.1, 0.15) is 35.7 Å². The Labute approximate surface area is 111 Å². The van der Waals surface area contributed by atoms with E-state index in [0.29, 0.717) is 21.4 Å². The molecule has 0 unspecified atom stereocenters. The number of Topliss-reactive ketones (excluding diaryl/α,β-unsaturated/α-hetero) is 1. The highest BCUT2D eigenvalue weighted by Crippen LogP contribution is 2.42. The maximum Gasteiger partial charge on any atom is 0.168 e. The number of fused-ring (bicyclic) bond motifs is 1. The zero-order valence-corrected chi connectivity index (χ0v) is 11.4. The second-order valence-electron chi connectivity index (χ2n) is 4.29. The molecule has 0 radical (unpaired) electrons. The molecule has 0 saturated carbocycles. The molecule has 0 heterocycles. The molecule has 4 heteroatoms. The summed E-state index contributed by atoms with van der Waals surface area (Å²) in [5.74, 6) is 0.715. The molecular weight excluding hydrogens is 259 g/mol. The summed E-state index contributed by atoms with van der Waals surface area (Å²) in [7, 11) is 1.55. The summed E-state index contributed by atoms with van der Waals surface area (Å²) in [5, 5.41) is 0.669. The predicted octanol–water partition coefficient (Wildman–Crippen LogP) is 4.16. The van der Waals surface area contributed by atoms with E-state index >= 15 is 0 Å². The number of carbonyl (C=O) groups is 1. The third-order valence-electron chi connectivity index (χ3n) is 3.20. The third-order valence-corrected chi connectivity index (χ3v) is 4.05. The zero-order valence-electron chi connectivity index (χ0n) is 9.85. The van der Waals surface area contributed by atoms with Gasteiger partial charge in [-0.2, -0.15) is 0 Å². The van der Waals surface area contributed by atoms with Crippen molar-refractivity contribution < 1.29 is 9.53 Å². The molecule has 1 aliphatic rings. The molecule has 1 aliphatic carbocycles. The average Bonchev–Trinajstić information content (AvgIpc) is 2.62. The Morgan fingerprint density at radius 2 is 2.12 bits per heavy atom. The van der Waals surface area contributed by atoms with Gasteiger partial charge >= 0.3 is 0 Å². The van der Waals surface area contributed by atoms with Gasteiger partial charge in [-0.05, 0) is 24.5 Å². The van der Waals surface area contributed by atoms with Crippen molar-refractivity contribution in [2.24, 2.45) is 5.92 Å². The lowest BCUT2D eigenvalue weighted by Crippen LogP contribution is -2.08. The van der Waals surface area contributed by atoms with E-state index in [1.165, 1.54) is 0 Å². The summed E-state index contributed by atoms with van der Waals surface area (Å²) in [6, 6.07) is 1.83. The number of benzene rings is 1. The normalized spacial score (nSPS) is 18.4. The molecule has 0 bridgehead atoms. The fourth-order valence-electron chi connectivity index (χ4n) is 2.37. The smallest absolute Gasteiger partial charge is 0.168 e. The Balaban J connectivity index is 2.48. The number of carbonyl (C=O) groups excluding carboxylic acids is 1. The third kappa shape index (κ3) is 2.04. The molecule has 0 spiro atoms. The van der Waals surface area contributed by atoms with Crippen molar-refractivity contribution in [3.05, 3.63) is 27.2 Å². The molecule has 0 fully saturated rings. The summed E-state index contributed by atoms with van der Waals surface area (Å²) >= 11 is 12.2. The highest BCUT2D eigenvalue weighted by Gasteiger charge is 2.33. The van der Waals surface area contributed by atoms with Crippen molar-refractivity contribution in [1.29, 1.82) is 0 Å². The second-order valence-corrected chi connectivity index (χ2v) is 5.05. The van der Waals surface area contributed by atoms with Gasteiger partial charge in [0.25, 0.3) is 0 Å². The van der Waals surface area contributed by atoms with Gasteiger partial charge in [0.1, 0.15) is 10.8 Å². The van der Waals surface area contributed by atoms with E-state index in [9.17, 15) is 4.79 Å². The molecule has 0 N–H and O–H groups in total. The lowest BCUT2D eigenvalue weighted by molar-refractivity contribution is 0.0930. The first-order valence-electron chi connectivity index (χ1n) is 5.69. The van der Waals surface area contributed by atoms with E-state index in [1.54, 1.807) is 7.11 Å². The van der Waals surface area contributed by atoms with Crippen LogP contribution in [0.3, 0.4) is 0 Å². The van der Waals surface area contributed by atoms with Gasteiger partial charge in [0.05, 0.1) is 12.1 Å². The predicted molar refractivity (Wildman–Crippen MR) is 69.4 cm³/mol. The quantitative estimate of drug-likeness (QED) is 0.826. The van der Waals surface area contributed by atoms with Crippen molar-refractivity contribution in [3.8, 4) is 5.75 Å². The zero-order chi connectivity index (χ0) is 12.6. The van der Waals surface area contributed by atoms with Crippen LogP contribution < -0.4 is 4.74 Å². The van der Waals surface area contributed by atoms with E-state index in [-0.39, 0.29) is 11.7 Å². The highest BCUT2D eigenvalue weighted by atomic mass is 35.5. The standard InChI is InChI=1S/C13H14Cl2O2/c1-3-4-7-5-8-6-9(17-2)11(14)12(15)10(8)13(7)16/h6-7H,3-5H2,1-2H3/t7-/m1/s1. The molecule has 0 amide bonds. The molecule has 1 aromatic rings. The number of ketones is 1. The Kier molecular flexibility index (Phi) is 3.64. The van der Waals surface area contributed by atoms with E-state index in [1.807, 2.05) is 6.07 Å². The van der Waals surface area contributed by atoms with Crippen molar-refractivity contribution in [1.82, 2.24) is 0 Å². The number of hydrogen-bond acceptors (Lipinski definition) is 2. The van der Waals surface area contributed by atoms with E-state index in [4.69, 9.17) is 27.9 Å². The van der Waals surface area contributed by atoms with Crippen molar-refractivity contribution in [2.45, 2.75) is 26.2 Å². The van der Waals surface area contributed by atoms with Gasteiger partial charge < -0.3 is 4.74 Å². The minimum atomic E-state index is 0.0515. The minimum absolute atomic E-state index is 0.0515. The Morgan fingerprint density at radius 3 is 2.71 bits per heavy atom. The van der Waals surface area contributed by atoms with Crippen LogP contribution in [0.4, 0.5) is 0 Å². The van der Waals surface area contributed by atoms with Crippen LogP contribution in [-0.2, 0) is 6.42 Å². The minimum Gasteiger partial charge on any atom is -0.495 e. The maximum atomic E-state index is 12.2. The Bertz CT molecular complexity index is 469.